The van der Waals surface area contributed by atoms with Gasteiger partial charge in [-0.15, -0.1) is 0 Å². The summed E-state index contributed by atoms with van der Waals surface area (Å²) in [6.45, 7) is 4.46. The molecule has 7 nitrogen and oxygen atoms in total. The third-order valence-electron chi connectivity index (χ3n) is 6.66. The average Bonchev–Trinajstić information content (AvgIpc) is 3.08. The van der Waals surface area contributed by atoms with Crippen LogP contribution in [0, 0.1) is 11.8 Å². The van der Waals surface area contributed by atoms with E-state index in [9.17, 15) is 14.4 Å². The second-order valence-electron chi connectivity index (χ2n) is 8.56. The highest BCUT2D eigenvalue weighted by Crippen LogP contribution is 2.44. The lowest BCUT2D eigenvalue weighted by molar-refractivity contribution is -0.151. The average molecular weight is 437 g/mol. The number of carboxylic acids is 1. The fraction of sp³-hybridized carbons (Fsp3) is 0.400. The molecule has 1 heterocycles. The normalized spacial score (nSPS) is 17.0. The number of alkyl carbamates (subject to hydrolysis) is 1. The third kappa shape index (κ3) is 4.07. The van der Waals surface area contributed by atoms with Gasteiger partial charge in [-0.05, 0) is 28.7 Å². The molecule has 0 radical (unpaired) electrons. The Morgan fingerprint density at radius 2 is 1.62 bits per heavy atom. The highest BCUT2D eigenvalue weighted by atomic mass is 16.5. The van der Waals surface area contributed by atoms with Gasteiger partial charge in [0.05, 0.1) is 5.92 Å². The number of aliphatic carboxylic acids is 1. The van der Waals surface area contributed by atoms with Crippen molar-refractivity contribution in [3.63, 3.8) is 0 Å². The number of rotatable bonds is 7. The quantitative estimate of drug-likeness (QED) is 0.693. The van der Waals surface area contributed by atoms with E-state index in [2.05, 4.69) is 29.6 Å². The van der Waals surface area contributed by atoms with Gasteiger partial charge in [-0.1, -0.05) is 62.4 Å². The van der Waals surface area contributed by atoms with E-state index in [-0.39, 0.29) is 24.3 Å². The third-order valence-corrected chi connectivity index (χ3v) is 6.66. The Kier molecular flexibility index (Phi) is 6.17. The summed E-state index contributed by atoms with van der Waals surface area (Å²) in [6.07, 6.45) is -0.193. The van der Waals surface area contributed by atoms with E-state index in [4.69, 9.17) is 9.84 Å². The molecule has 0 spiro atoms. The van der Waals surface area contributed by atoms with Gasteiger partial charge in [0.25, 0.3) is 0 Å². The van der Waals surface area contributed by atoms with E-state index in [0.29, 0.717) is 19.5 Å². The zero-order chi connectivity index (χ0) is 22.8. The number of ether oxygens (including phenoxy) is 1. The maximum atomic E-state index is 12.7. The molecule has 2 N–H and O–H groups in total. The zero-order valence-corrected chi connectivity index (χ0v) is 18.3. The van der Waals surface area contributed by atoms with Crippen LogP contribution in [0.15, 0.2) is 48.5 Å². The summed E-state index contributed by atoms with van der Waals surface area (Å²) in [5.74, 6) is -1.64. The first-order valence-electron chi connectivity index (χ1n) is 11.0. The monoisotopic (exact) mass is 436 g/mol. The van der Waals surface area contributed by atoms with Crippen LogP contribution in [0.1, 0.15) is 37.3 Å². The Morgan fingerprint density at radius 1 is 1.06 bits per heavy atom. The minimum Gasteiger partial charge on any atom is -0.481 e. The number of hydrogen-bond acceptors (Lipinski definition) is 4. The molecule has 1 aliphatic heterocycles. The van der Waals surface area contributed by atoms with E-state index in [1.165, 1.54) is 0 Å². The Balaban J connectivity index is 1.34. The molecule has 32 heavy (non-hydrogen) atoms. The van der Waals surface area contributed by atoms with Gasteiger partial charge in [-0.25, -0.2) is 4.79 Å². The Bertz CT molecular complexity index is 985. The topological polar surface area (TPSA) is 95.9 Å². The molecule has 1 aliphatic carbocycles. The smallest absolute Gasteiger partial charge is 0.407 e. The van der Waals surface area contributed by atoms with Gasteiger partial charge in [0.15, 0.2) is 0 Å². The van der Waals surface area contributed by atoms with E-state index in [0.717, 1.165) is 22.3 Å². The molecule has 7 heteroatoms. The highest BCUT2D eigenvalue weighted by Gasteiger charge is 2.39. The first-order valence-corrected chi connectivity index (χ1v) is 11.0. The lowest BCUT2D eigenvalue weighted by Crippen LogP contribution is -2.58. The van der Waals surface area contributed by atoms with Crippen LogP contribution >= 0.6 is 0 Å². The van der Waals surface area contributed by atoms with Gasteiger partial charge >= 0.3 is 12.1 Å². The van der Waals surface area contributed by atoms with Gasteiger partial charge in [0, 0.05) is 24.9 Å². The predicted octanol–water partition coefficient (Wildman–Crippen LogP) is 3.48. The van der Waals surface area contributed by atoms with E-state index in [1.807, 2.05) is 31.2 Å². The van der Waals surface area contributed by atoms with Crippen LogP contribution in [0.5, 0.6) is 0 Å². The number of likely N-dealkylation sites (tertiary alicyclic amines) is 1. The fourth-order valence-electron chi connectivity index (χ4n) is 4.55. The van der Waals surface area contributed by atoms with Crippen LogP contribution in [-0.2, 0) is 14.3 Å². The minimum absolute atomic E-state index is 0.0439. The summed E-state index contributed by atoms with van der Waals surface area (Å²) in [5.41, 5.74) is 4.57. The minimum atomic E-state index is -0.856. The van der Waals surface area contributed by atoms with Gasteiger partial charge in [0.1, 0.15) is 12.6 Å². The molecule has 1 fully saturated rings. The Labute approximate surface area is 187 Å². The summed E-state index contributed by atoms with van der Waals surface area (Å²) in [6, 6.07) is 15.5. The number of nitrogens with zero attached hydrogens (tertiary/aromatic N) is 1. The number of hydrogen-bond donors (Lipinski definition) is 2. The molecule has 2 aromatic rings. The van der Waals surface area contributed by atoms with Crippen molar-refractivity contribution >= 4 is 18.0 Å². The Morgan fingerprint density at radius 3 is 2.16 bits per heavy atom. The molecular formula is C25H28N2O5. The maximum absolute atomic E-state index is 12.7. The number of carboxylic acid groups (broad SMARTS) is 1. The van der Waals surface area contributed by atoms with Gasteiger partial charge in [-0.3, -0.25) is 9.59 Å². The number of amides is 2. The molecule has 2 aromatic carbocycles. The molecular weight excluding hydrogens is 408 g/mol. The van der Waals surface area contributed by atoms with Crippen molar-refractivity contribution in [3.8, 4) is 11.1 Å². The second kappa shape index (κ2) is 9.02. The molecule has 1 saturated heterocycles. The maximum Gasteiger partial charge on any atom is 0.407 e. The lowest BCUT2D eigenvalue weighted by Gasteiger charge is -2.42. The van der Waals surface area contributed by atoms with Crippen molar-refractivity contribution in [2.24, 2.45) is 11.8 Å². The van der Waals surface area contributed by atoms with E-state index in [1.54, 1.807) is 11.8 Å². The number of benzene rings is 2. The van der Waals surface area contributed by atoms with Crippen molar-refractivity contribution in [2.45, 2.75) is 32.2 Å². The van der Waals surface area contributed by atoms with Crippen LogP contribution in [0.25, 0.3) is 11.1 Å². The molecule has 0 bridgehead atoms. The molecule has 4 rings (SSSR count). The van der Waals surface area contributed by atoms with Crippen LogP contribution < -0.4 is 5.32 Å². The number of nitrogens with one attached hydrogen (secondary N) is 1. The lowest BCUT2D eigenvalue weighted by atomic mass is 9.86. The zero-order valence-electron chi connectivity index (χ0n) is 18.3. The van der Waals surface area contributed by atoms with Crippen LogP contribution in [0.3, 0.4) is 0 Å². The molecule has 0 aromatic heterocycles. The van der Waals surface area contributed by atoms with Crippen LogP contribution in [0.4, 0.5) is 4.79 Å². The first-order chi connectivity index (χ1) is 15.4. The van der Waals surface area contributed by atoms with Crippen molar-refractivity contribution in [3.05, 3.63) is 59.7 Å². The van der Waals surface area contributed by atoms with Crippen LogP contribution in [0.2, 0.25) is 0 Å². The largest absolute Gasteiger partial charge is 0.481 e. The standard InChI is InChI=1S/C25H28N2O5/c1-3-22(23(28)27-12-16(13-27)15(2)24(29)30)26-25(31)32-14-21-19-10-6-4-8-17(19)18-9-5-7-11-20(18)21/h4-11,15-16,21-22H,3,12-14H2,1-2H3,(H,26,31)(H,29,30)/t15?,22-/m0/s1. The van der Waals surface area contributed by atoms with Crippen molar-refractivity contribution < 1.29 is 24.2 Å². The number of carbonyl (C=O) groups is 3. The summed E-state index contributed by atoms with van der Waals surface area (Å²) >= 11 is 0. The van der Waals surface area contributed by atoms with Crippen molar-refractivity contribution in [2.75, 3.05) is 19.7 Å². The SMILES string of the molecule is CC[C@H](NC(=O)OCC1c2ccccc2-c2ccccc21)C(=O)N1CC(C(C)C(=O)O)C1. The number of fused-ring (bicyclic) bond motifs is 3. The number of carbonyl (C=O) groups excluding carboxylic acids is 2. The predicted molar refractivity (Wildman–Crippen MR) is 119 cm³/mol. The fourth-order valence-corrected chi connectivity index (χ4v) is 4.55. The summed E-state index contributed by atoms with van der Waals surface area (Å²) < 4.78 is 5.55. The first kappa shape index (κ1) is 21.9. The van der Waals surface area contributed by atoms with E-state index < -0.39 is 24.0 Å². The van der Waals surface area contributed by atoms with Gasteiger partial charge in [-0.2, -0.15) is 0 Å². The molecule has 0 saturated carbocycles. The summed E-state index contributed by atoms with van der Waals surface area (Å²) in [7, 11) is 0. The highest BCUT2D eigenvalue weighted by molar-refractivity contribution is 5.86. The van der Waals surface area contributed by atoms with Crippen LogP contribution in [-0.4, -0.2) is 53.7 Å². The molecule has 2 aliphatic rings. The van der Waals surface area contributed by atoms with Crippen molar-refractivity contribution in [1.82, 2.24) is 10.2 Å². The summed E-state index contributed by atoms with van der Waals surface area (Å²) in [4.78, 5) is 37.9. The molecule has 2 amide bonds. The molecule has 168 valence electrons. The second-order valence-corrected chi connectivity index (χ2v) is 8.56. The molecule has 2 atom stereocenters. The van der Waals surface area contributed by atoms with Gasteiger partial charge in [0.2, 0.25) is 5.91 Å². The molecule has 1 unspecified atom stereocenters. The van der Waals surface area contributed by atoms with Crippen molar-refractivity contribution in [1.29, 1.82) is 0 Å². The summed E-state index contributed by atoms with van der Waals surface area (Å²) in [5, 5.41) is 11.8. The van der Waals surface area contributed by atoms with E-state index >= 15 is 0 Å². The van der Waals surface area contributed by atoms with Gasteiger partial charge < -0.3 is 20.1 Å². The Hall–Kier alpha value is -3.35.